The fourth-order valence-electron chi connectivity index (χ4n) is 11.9. The highest BCUT2D eigenvalue weighted by Crippen LogP contribution is 2.76. The fraction of sp³-hybridized carbons (Fsp3) is 0.857. The van der Waals surface area contributed by atoms with Crippen molar-refractivity contribution in [2.45, 2.75) is 126 Å². The monoisotopic (exact) mass is 570 g/mol. The number of methoxy groups -OCH3 is 1. The molecule has 0 bridgehead atoms. The van der Waals surface area contributed by atoms with Crippen molar-refractivity contribution in [3.8, 4) is 0 Å². The van der Waals surface area contributed by atoms with Crippen LogP contribution >= 0.6 is 0 Å². The van der Waals surface area contributed by atoms with Crippen LogP contribution in [-0.2, 0) is 28.6 Å². The van der Waals surface area contributed by atoms with Crippen molar-refractivity contribution in [2.24, 2.45) is 56.7 Å². The highest BCUT2D eigenvalue weighted by atomic mass is 16.6. The maximum atomic E-state index is 13.5. The normalized spacial score (nSPS) is 48.2. The van der Waals surface area contributed by atoms with E-state index in [1.54, 1.807) is 7.11 Å². The van der Waals surface area contributed by atoms with E-state index < -0.39 is 17.6 Å². The highest BCUT2D eigenvalue weighted by Gasteiger charge is 2.71. The van der Waals surface area contributed by atoms with Gasteiger partial charge in [0.1, 0.15) is 12.2 Å². The van der Waals surface area contributed by atoms with Crippen molar-refractivity contribution in [1.82, 2.24) is 0 Å². The summed E-state index contributed by atoms with van der Waals surface area (Å²) >= 11 is 0. The number of hydrogen-bond donors (Lipinski definition) is 0. The Morgan fingerprint density at radius 3 is 2.12 bits per heavy atom. The second-order valence-corrected chi connectivity index (χ2v) is 16.0. The average Bonchev–Trinajstić information content (AvgIpc) is 2.87. The third-order valence-electron chi connectivity index (χ3n) is 14.1. The van der Waals surface area contributed by atoms with Crippen LogP contribution in [0.15, 0.2) is 11.6 Å². The minimum absolute atomic E-state index is 0.0121. The van der Waals surface area contributed by atoms with Crippen LogP contribution in [0.2, 0.25) is 0 Å². The number of rotatable bonds is 3. The van der Waals surface area contributed by atoms with Gasteiger partial charge in [0.2, 0.25) is 0 Å². The summed E-state index contributed by atoms with van der Waals surface area (Å²) < 4.78 is 17.4. The zero-order valence-corrected chi connectivity index (χ0v) is 27.2. The maximum Gasteiger partial charge on any atom is 0.312 e. The summed E-state index contributed by atoms with van der Waals surface area (Å²) in [6.45, 7) is 19.5. The number of hydrogen-bond acceptors (Lipinski definition) is 6. The molecule has 0 aromatic heterocycles. The van der Waals surface area contributed by atoms with E-state index in [1.807, 2.05) is 0 Å². The molecule has 4 fully saturated rings. The second kappa shape index (κ2) is 9.84. The number of carbonyl (C=O) groups is 3. The molecule has 0 spiro atoms. The molecule has 0 saturated heterocycles. The molecule has 0 heterocycles. The molecule has 11 unspecified atom stereocenters. The Morgan fingerprint density at radius 1 is 0.854 bits per heavy atom. The number of esters is 3. The molecule has 6 heteroatoms. The summed E-state index contributed by atoms with van der Waals surface area (Å²) in [5.41, 5.74) is 0.673. The molecule has 6 nitrogen and oxygen atoms in total. The first kappa shape index (κ1) is 30.6. The van der Waals surface area contributed by atoms with Crippen LogP contribution in [0.1, 0.15) is 114 Å². The third kappa shape index (κ3) is 4.11. The first-order valence-electron chi connectivity index (χ1n) is 16.1. The quantitative estimate of drug-likeness (QED) is 0.201. The molecular weight excluding hydrogens is 516 g/mol. The molecule has 0 amide bonds. The zero-order chi connectivity index (χ0) is 30.3. The first-order valence-corrected chi connectivity index (χ1v) is 16.1. The lowest BCUT2D eigenvalue weighted by molar-refractivity contribution is -0.244. The molecule has 0 aromatic carbocycles. The predicted octanol–water partition coefficient (Wildman–Crippen LogP) is 7.29. The van der Waals surface area contributed by atoms with Gasteiger partial charge >= 0.3 is 17.9 Å². The molecule has 5 aliphatic rings. The van der Waals surface area contributed by atoms with Crippen molar-refractivity contribution in [3.05, 3.63) is 11.6 Å². The van der Waals surface area contributed by atoms with Crippen LogP contribution in [0.4, 0.5) is 0 Å². The van der Waals surface area contributed by atoms with Gasteiger partial charge in [-0.05, 0) is 97.2 Å². The average molecular weight is 571 g/mol. The third-order valence-corrected chi connectivity index (χ3v) is 14.1. The lowest BCUT2D eigenvalue weighted by Crippen LogP contribution is -2.68. The van der Waals surface area contributed by atoms with Gasteiger partial charge in [0.15, 0.2) is 0 Å². The molecule has 5 aliphatic carbocycles. The summed E-state index contributed by atoms with van der Waals surface area (Å²) in [5, 5.41) is 0. The molecule has 0 aliphatic heterocycles. The number of carbonyl (C=O) groups excluding carboxylic acids is 3. The van der Waals surface area contributed by atoms with Gasteiger partial charge < -0.3 is 14.2 Å². The van der Waals surface area contributed by atoms with E-state index in [9.17, 15) is 14.4 Å². The van der Waals surface area contributed by atoms with E-state index in [0.29, 0.717) is 30.1 Å². The van der Waals surface area contributed by atoms with Crippen LogP contribution in [0.25, 0.3) is 0 Å². The Morgan fingerprint density at radius 2 is 1.51 bits per heavy atom. The summed E-state index contributed by atoms with van der Waals surface area (Å²) in [6, 6.07) is 0. The van der Waals surface area contributed by atoms with Gasteiger partial charge in [0.25, 0.3) is 0 Å². The van der Waals surface area contributed by atoms with E-state index in [2.05, 4.69) is 54.5 Å². The van der Waals surface area contributed by atoms with Crippen molar-refractivity contribution >= 4 is 17.9 Å². The Kier molecular flexibility index (Phi) is 7.34. The van der Waals surface area contributed by atoms with Crippen molar-refractivity contribution in [3.63, 3.8) is 0 Å². The molecule has 5 rings (SSSR count). The highest BCUT2D eigenvalue weighted by molar-refractivity contribution is 5.78. The maximum absolute atomic E-state index is 13.5. The smallest absolute Gasteiger partial charge is 0.312 e. The van der Waals surface area contributed by atoms with Crippen molar-refractivity contribution in [2.75, 3.05) is 7.11 Å². The summed E-state index contributed by atoms with van der Waals surface area (Å²) in [4.78, 5) is 38.0. The first-order chi connectivity index (χ1) is 19.0. The number of allylic oxidation sites excluding steroid dienone is 2. The SMILES string of the molecule is COC(=O)C12CCC(C)C(C)C1C1=CCC3C4(C)CC(OC(C)=O)C(OC(C)=O)C(C)(C)C4CCC3(C)C1(C)CC2. The predicted molar refractivity (Wildman–Crippen MR) is 157 cm³/mol. The fourth-order valence-corrected chi connectivity index (χ4v) is 11.9. The van der Waals surface area contributed by atoms with Crippen LogP contribution in [0.5, 0.6) is 0 Å². The van der Waals surface area contributed by atoms with Crippen LogP contribution in [-0.4, -0.2) is 37.2 Å². The van der Waals surface area contributed by atoms with Gasteiger partial charge in [-0.25, -0.2) is 0 Å². The Bertz CT molecular complexity index is 1140. The van der Waals surface area contributed by atoms with E-state index in [4.69, 9.17) is 14.2 Å². The van der Waals surface area contributed by atoms with Gasteiger partial charge in [0, 0.05) is 19.3 Å². The molecule has 4 saturated carbocycles. The summed E-state index contributed by atoms with van der Waals surface area (Å²) in [6.07, 6.45) is 9.28. The molecular formula is C35H54O6. The van der Waals surface area contributed by atoms with Crippen LogP contribution < -0.4 is 0 Å². The molecule has 0 N–H and O–H groups in total. The number of fused-ring (bicyclic) bond motifs is 7. The topological polar surface area (TPSA) is 78.9 Å². The summed E-state index contributed by atoms with van der Waals surface area (Å²) in [5.74, 6) is 1.26. The van der Waals surface area contributed by atoms with Crippen LogP contribution in [0.3, 0.4) is 0 Å². The van der Waals surface area contributed by atoms with Crippen molar-refractivity contribution in [1.29, 1.82) is 0 Å². The van der Waals surface area contributed by atoms with E-state index in [1.165, 1.54) is 19.4 Å². The Labute approximate surface area is 247 Å². The molecule has 230 valence electrons. The largest absolute Gasteiger partial charge is 0.469 e. The number of ether oxygens (including phenoxy) is 3. The van der Waals surface area contributed by atoms with Gasteiger partial charge in [-0.3, -0.25) is 14.4 Å². The van der Waals surface area contributed by atoms with Gasteiger partial charge in [-0.15, -0.1) is 0 Å². The molecule has 41 heavy (non-hydrogen) atoms. The van der Waals surface area contributed by atoms with Gasteiger partial charge in [0.05, 0.1) is 12.5 Å². The molecule has 0 radical (unpaired) electrons. The van der Waals surface area contributed by atoms with E-state index in [0.717, 1.165) is 44.9 Å². The minimum Gasteiger partial charge on any atom is -0.469 e. The second-order valence-electron chi connectivity index (χ2n) is 16.0. The molecule has 0 aromatic rings. The van der Waals surface area contributed by atoms with Crippen LogP contribution in [0, 0.1) is 56.7 Å². The van der Waals surface area contributed by atoms with E-state index in [-0.39, 0.29) is 45.5 Å². The lowest BCUT2D eigenvalue weighted by atomic mass is 9.33. The summed E-state index contributed by atoms with van der Waals surface area (Å²) in [7, 11) is 1.56. The molecule has 11 atom stereocenters. The van der Waals surface area contributed by atoms with Crippen molar-refractivity contribution < 1.29 is 28.6 Å². The Hall–Kier alpha value is -1.85. The Balaban J connectivity index is 1.60. The lowest BCUT2D eigenvalue weighted by Gasteiger charge is -2.71. The zero-order valence-electron chi connectivity index (χ0n) is 27.2. The minimum atomic E-state index is -0.467. The van der Waals surface area contributed by atoms with E-state index >= 15 is 0 Å². The van der Waals surface area contributed by atoms with Gasteiger partial charge in [-0.1, -0.05) is 60.1 Å². The standard InChI is InChI=1S/C35H54O6/c1-20-13-16-35(30(38)39-10)18-17-33(8)24(28(35)21(20)2)11-12-27-32(7)19-25(40-22(3)36)29(41-23(4)37)31(5,6)26(32)14-15-34(27,33)9/h11,20-21,25-29H,12-19H2,1-10H3. The van der Waals surface area contributed by atoms with Gasteiger partial charge in [-0.2, -0.15) is 0 Å².